The fraction of sp³-hybridized carbons (Fsp3) is 0.562. The molecule has 0 spiro atoms. The summed E-state index contributed by atoms with van der Waals surface area (Å²) >= 11 is 0. The largest absolute Gasteiger partial charge is 0.342 e. The fourth-order valence-electron chi connectivity index (χ4n) is 2.73. The summed E-state index contributed by atoms with van der Waals surface area (Å²) in [5.41, 5.74) is 3.66. The highest BCUT2D eigenvalue weighted by molar-refractivity contribution is 5.79. The Bertz CT molecular complexity index is 439. The second kappa shape index (κ2) is 5.55. The molecule has 1 aromatic carbocycles. The SMILES string of the molecule is Cc1ccc(CC(=O)N2CCC[C@@H](C)C2)c(C)c1. The quantitative estimate of drug-likeness (QED) is 0.784. The summed E-state index contributed by atoms with van der Waals surface area (Å²) in [6.45, 7) is 8.29. The molecule has 1 fully saturated rings. The highest BCUT2D eigenvalue weighted by Crippen LogP contribution is 2.18. The summed E-state index contributed by atoms with van der Waals surface area (Å²) in [6.07, 6.45) is 2.96. The molecule has 0 bridgehead atoms. The van der Waals surface area contributed by atoms with Crippen molar-refractivity contribution >= 4 is 5.91 Å². The van der Waals surface area contributed by atoms with E-state index in [0.717, 1.165) is 19.5 Å². The van der Waals surface area contributed by atoms with Crippen LogP contribution in [0.5, 0.6) is 0 Å². The van der Waals surface area contributed by atoms with Gasteiger partial charge in [-0.15, -0.1) is 0 Å². The number of aryl methyl sites for hydroxylation is 2. The first-order valence-corrected chi connectivity index (χ1v) is 6.90. The van der Waals surface area contributed by atoms with E-state index in [0.29, 0.717) is 12.3 Å². The molecular weight excluding hydrogens is 222 g/mol. The van der Waals surface area contributed by atoms with Crippen LogP contribution >= 0.6 is 0 Å². The van der Waals surface area contributed by atoms with Crippen LogP contribution < -0.4 is 0 Å². The van der Waals surface area contributed by atoms with Crippen molar-refractivity contribution in [2.45, 2.75) is 40.0 Å². The molecule has 98 valence electrons. The maximum absolute atomic E-state index is 12.3. The predicted octanol–water partition coefficient (Wildman–Crippen LogP) is 3.10. The number of benzene rings is 1. The molecule has 0 N–H and O–H groups in total. The lowest BCUT2D eigenvalue weighted by Crippen LogP contribution is -2.40. The number of hydrogen-bond donors (Lipinski definition) is 0. The van der Waals surface area contributed by atoms with Crippen LogP contribution in [0.15, 0.2) is 18.2 Å². The minimum Gasteiger partial charge on any atom is -0.342 e. The lowest BCUT2D eigenvalue weighted by Gasteiger charge is -2.31. The number of carbonyl (C=O) groups excluding carboxylic acids is 1. The molecule has 1 atom stereocenters. The van der Waals surface area contributed by atoms with E-state index in [1.54, 1.807) is 0 Å². The molecule has 0 saturated carbocycles. The maximum Gasteiger partial charge on any atom is 0.227 e. The Morgan fingerprint density at radius 2 is 2.17 bits per heavy atom. The van der Waals surface area contributed by atoms with E-state index < -0.39 is 0 Å². The minimum absolute atomic E-state index is 0.286. The molecule has 2 nitrogen and oxygen atoms in total. The van der Waals surface area contributed by atoms with Gasteiger partial charge in [0.25, 0.3) is 0 Å². The van der Waals surface area contributed by atoms with Crippen LogP contribution in [0, 0.1) is 19.8 Å². The Labute approximate surface area is 110 Å². The Morgan fingerprint density at radius 1 is 1.39 bits per heavy atom. The van der Waals surface area contributed by atoms with Gasteiger partial charge in [-0.3, -0.25) is 4.79 Å². The number of nitrogens with zero attached hydrogens (tertiary/aromatic N) is 1. The van der Waals surface area contributed by atoms with Gasteiger partial charge in [-0.25, -0.2) is 0 Å². The third-order valence-electron chi connectivity index (χ3n) is 3.85. The number of likely N-dealkylation sites (tertiary alicyclic amines) is 1. The van der Waals surface area contributed by atoms with Gasteiger partial charge >= 0.3 is 0 Å². The van der Waals surface area contributed by atoms with Crippen molar-refractivity contribution in [2.75, 3.05) is 13.1 Å². The number of hydrogen-bond acceptors (Lipinski definition) is 1. The molecule has 0 aliphatic carbocycles. The molecule has 0 unspecified atom stereocenters. The van der Waals surface area contributed by atoms with E-state index in [4.69, 9.17) is 0 Å². The van der Waals surface area contributed by atoms with Crippen LogP contribution in [0.1, 0.15) is 36.5 Å². The zero-order valence-electron chi connectivity index (χ0n) is 11.7. The first kappa shape index (κ1) is 13.1. The molecule has 2 rings (SSSR count). The molecule has 1 aromatic rings. The van der Waals surface area contributed by atoms with Crippen molar-refractivity contribution in [2.24, 2.45) is 5.92 Å². The molecule has 1 aliphatic heterocycles. The number of carbonyl (C=O) groups is 1. The van der Waals surface area contributed by atoms with Gasteiger partial charge in [0.1, 0.15) is 0 Å². The zero-order chi connectivity index (χ0) is 13.1. The third kappa shape index (κ3) is 3.12. The number of amides is 1. The average molecular weight is 245 g/mol. The summed E-state index contributed by atoms with van der Waals surface area (Å²) in [5, 5.41) is 0. The first-order chi connectivity index (χ1) is 8.56. The number of rotatable bonds is 2. The molecule has 1 aliphatic rings. The molecule has 0 radical (unpaired) electrons. The summed E-state index contributed by atoms with van der Waals surface area (Å²) < 4.78 is 0. The minimum atomic E-state index is 0.286. The second-order valence-corrected chi connectivity index (χ2v) is 5.69. The first-order valence-electron chi connectivity index (χ1n) is 6.90. The summed E-state index contributed by atoms with van der Waals surface area (Å²) in [4.78, 5) is 14.3. The average Bonchev–Trinajstić information content (AvgIpc) is 2.32. The van der Waals surface area contributed by atoms with Gasteiger partial charge in [0, 0.05) is 13.1 Å². The van der Waals surface area contributed by atoms with Gasteiger partial charge in [-0.05, 0) is 43.7 Å². The molecule has 1 saturated heterocycles. The van der Waals surface area contributed by atoms with E-state index >= 15 is 0 Å². The second-order valence-electron chi connectivity index (χ2n) is 5.69. The van der Waals surface area contributed by atoms with Crippen molar-refractivity contribution in [1.29, 1.82) is 0 Å². The van der Waals surface area contributed by atoms with Gasteiger partial charge in [0.2, 0.25) is 5.91 Å². The highest BCUT2D eigenvalue weighted by Gasteiger charge is 2.21. The Kier molecular flexibility index (Phi) is 4.05. The monoisotopic (exact) mass is 245 g/mol. The van der Waals surface area contributed by atoms with Crippen molar-refractivity contribution in [1.82, 2.24) is 4.90 Å². The molecule has 0 aromatic heterocycles. The van der Waals surface area contributed by atoms with Gasteiger partial charge < -0.3 is 4.90 Å². The van der Waals surface area contributed by atoms with E-state index in [2.05, 4.69) is 39.0 Å². The Morgan fingerprint density at radius 3 is 2.83 bits per heavy atom. The van der Waals surface area contributed by atoms with Crippen LogP contribution in [0.25, 0.3) is 0 Å². The van der Waals surface area contributed by atoms with E-state index in [1.165, 1.54) is 23.1 Å². The molecular formula is C16H23NO. The predicted molar refractivity (Wildman–Crippen MR) is 74.6 cm³/mol. The normalized spacial score (nSPS) is 19.9. The van der Waals surface area contributed by atoms with Crippen LogP contribution in [-0.2, 0) is 11.2 Å². The molecule has 2 heteroatoms. The number of piperidine rings is 1. The molecule has 18 heavy (non-hydrogen) atoms. The van der Waals surface area contributed by atoms with E-state index in [9.17, 15) is 4.79 Å². The Balaban J connectivity index is 2.02. The topological polar surface area (TPSA) is 20.3 Å². The summed E-state index contributed by atoms with van der Waals surface area (Å²) in [6, 6.07) is 6.34. The van der Waals surface area contributed by atoms with Gasteiger partial charge in [0.15, 0.2) is 0 Å². The van der Waals surface area contributed by atoms with Gasteiger partial charge in [-0.1, -0.05) is 30.7 Å². The zero-order valence-corrected chi connectivity index (χ0v) is 11.7. The fourth-order valence-corrected chi connectivity index (χ4v) is 2.73. The van der Waals surface area contributed by atoms with Crippen molar-refractivity contribution in [3.8, 4) is 0 Å². The van der Waals surface area contributed by atoms with E-state index in [-0.39, 0.29) is 5.91 Å². The smallest absolute Gasteiger partial charge is 0.227 e. The molecule has 1 heterocycles. The molecule has 1 amide bonds. The van der Waals surface area contributed by atoms with Crippen LogP contribution in [0.3, 0.4) is 0 Å². The van der Waals surface area contributed by atoms with Crippen LogP contribution in [0.4, 0.5) is 0 Å². The van der Waals surface area contributed by atoms with Gasteiger partial charge in [-0.2, -0.15) is 0 Å². The third-order valence-corrected chi connectivity index (χ3v) is 3.85. The van der Waals surface area contributed by atoms with Crippen molar-refractivity contribution < 1.29 is 4.79 Å². The van der Waals surface area contributed by atoms with Gasteiger partial charge in [0.05, 0.1) is 6.42 Å². The standard InChI is InChI=1S/C16H23NO/c1-12-6-7-15(14(3)9-12)10-16(18)17-8-4-5-13(2)11-17/h6-7,9,13H,4-5,8,10-11H2,1-3H3/t13-/m1/s1. The van der Waals surface area contributed by atoms with Crippen molar-refractivity contribution in [3.05, 3.63) is 34.9 Å². The lowest BCUT2D eigenvalue weighted by molar-refractivity contribution is -0.132. The van der Waals surface area contributed by atoms with E-state index in [1.807, 2.05) is 4.90 Å². The Hall–Kier alpha value is -1.31. The van der Waals surface area contributed by atoms with Crippen LogP contribution in [0.2, 0.25) is 0 Å². The summed E-state index contributed by atoms with van der Waals surface area (Å²) in [5.74, 6) is 0.940. The van der Waals surface area contributed by atoms with Crippen molar-refractivity contribution in [3.63, 3.8) is 0 Å². The van der Waals surface area contributed by atoms with Crippen LogP contribution in [-0.4, -0.2) is 23.9 Å². The summed E-state index contributed by atoms with van der Waals surface area (Å²) in [7, 11) is 0. The highest BCUT2D eigenvalue weighted by atomic mass is 16.2. The lowest BCUT2D eigenvalue weighted by atomic mass is 9.98. The maximum atomic E-state index is 12.3.